The first-order chi connectivity index (χ1) is 13.4. The van der Waals surface area contributed by atoms with Gasteiger partial charge in [0, 0.05) is 25.6 Å². The third-order valence-corrected chi connectivity index (χ3v) is 4.82. The summed E-state index contributed by atoms with van der Waals surface area (Å²) in [5.41, 5.74) is 12.9. The maximum absolute atomic E-state index is 12.6. The van der Waals surface area contributed by atoms with Crippen LogP contribution >= 0.6 is 0 Å². The van der Waals surface area contributed by atoms with Crippen LogP contribution in [0.2, 0.25) is 0 Å². The average molecular weight is 388 g/mol. The molecule has 0 aliphatic carbocycles. The van der Waals surface area contributed by atoms with Gasteiger partial charge < -0.3 is 25.8 Å². The lowest BCUT2D eigenvalue weighted by Gasteiger charge is -2.16. The molecule has 1 amide bonds. The monoisotopic (exact) mass is 388 g/mol. The summed E-state index contributed by atoms with van der Waals surface area (Å²) in [6, 6.07) is 5.39. The number of benzene rings is 1. The zero-order valence-corrected chi connectivity index (χ0v) is 16.6. The summed E-state index contributed by atoms with van der Waals surface area (Å²) in [4.78, 5) is 18.9. The number of rotatable bonds is 7. The topological polar surface area (TPSA) is 122 Å². The van der Waals surface area contributed by atoms with Gasteiger partial charge in [0.05, 0.1) is 20.3 Å². The summed E-state index contributed by atoms with van der Waals surface area (Å²) in [7, 11) is 3.19. The minimum absolute atomic E-state index is 0.0163. The van der Waals surface area contributed by atoms with Gasteiger partial charge >= 0.3 is 0 Å². The second kappa shape index (κ2) is 8.57. The van der Waals surface area contributed by atoms with Crippen molar-refractivity contribution in [2.24, 2.45) is 11.5 Å². The molecule has 0 unspecified atom stereocenters. The van der Waals surface area contributed by atoms with Crippen LogP contribution in [0.5, 0.6) is 11.5 Å². The predicted octanol–water partition coefficient (Wildman–Crippen LogP) is 0.465. The minimum atomic E-state index is -0.333. The molecule has 9 nitrogen and oxygen atoms in total. The van der Waals surface area contributed by atoms with Gasteiger partial charge in [0.2, 0.25) is 5.91 Å². The van der Waals surface area contributed by atoms with E-state index in [2.05, 4.69) is 10.1 Å². The van der Waals surface area contributed by atoms with Crippen molar-refractivity contribution in [2.45, 2.75) is 38.4 Å². The average Bonchev–Trinajstić information content (AvgIpc) is 3.28. The Labute approximate surface area is 164 Å². The van der Waals surface area contributed by atoms with Gasteiger partial charge in [-0.2, -0.15) is 5.10 Å². The SMILES string of the molecule is COc1ccc(Cc2nc([C@@H](C)N)n(CC(=O)N3CC[C@H](N)C3)n2)cc1OC. The predicted molar refractivity (Wildman–Crippen MR) is 104 cm³/mol. The quantitative estimate of drug-likeness (QED) is 0.707. The molecule has 1 aliphatic heterocycles. The number of hydrogen-bond acceptors (Lipinski definition) is 7. The van der Waals surface area contributed by atoms with Crippen LogP contribution < -0.4 is 20.9 Å². The summed E-state index contributed by atoms with van der Waals surface area (Å²) in [5, 5.41) is 4.53. The van der Waals surface area contributed by atoms with E-state index in [1.54, 1.807) is 23.8 Å². The van der Waals surface area contributed by atoms with Crippen molar-refractivity contribution in [3.63, 3.8) is 0 Å². The summed E-state index contributed by atoms with van der Waals surface area (Å²) in [5.74, 6) is 2.48. The molecule has 0 saturated carbocycles. The molecule has 0 bridgehead atoms. The highest BCUT2D eigenvalue weighted by atomic mass is 16.5. The number of nitrogens with zero attached hydrogens (tertiary/aromatic N) is 4. The van der Waals surface area contributed by atoms with Crippen LogP contribution in [0, 0.1) is 0 Å². The van der Waals surface area contributed by atoms with Gasteiger partial charge in [0.25, 0.3) is 0 Å². The Kier molecular flexibility index (Phi) is 6.15. The van der Waals surface area contributed by atoms with Gasteiger partial charge in [-0.05, 0) is 31.0 Å². The smallest absolute Gasteiger partial charge is 0.244 e. The third-order valence-electron chi connectivity index (χ3n) is 4.82. The number of likely N-dealkylation sites (tertiary alicyclic amines) is 1. The van der Waals surface area contributed by atoms with E-state index in [1.807, 2.05) is 25.1 Å². The first-order valence-electron chi connectivity index (χ1n) is 9.34. The number of nitrogens with two attached hydrogens (primary N) is 2. The number of carbonyl (C=O) groups excluding carboxylic acids is 1. The van der Waals surface area contributed by atoms with E-state index < -0.39 is 0 Å². The number of hydrogen-bond donors (Lipinski definition) is 2. The molecule has 3 rings (SSSR count). The van der Waals surface area contributed by atoms with Crippen molar-refractivity contribution in [2.75, 3.05) is 27.3 Å². The molecule has 2 aromatic rings. The normalized spacial score (nSPS) is 17.6. The molecular formula is C19H28N6O3. The van der Waals surface area contributed by atoms with Crippen LogP contribution in [0.3, 0.4) is 0 Å². The first kappa shape index (κ1) is 20.1. The van der Waals surface area contributed by atoms with E-state index in [9.17, 15) is 4.79 Å². The van der Waals surface area contributed by atoms with E-state index in [0.717, 1.165) is 12.0 Å². The van der Waals surface area contributed by atoms with Crippen molar-refractivity contribution in [3.05, 3.63) is 35.4 Å². The summed E-state index contributed by atoms with van der Waals surface area (Å²) in [6.45, 7) is 3.21. The summed E-state index contributed by atoms with van der Waals surface area (Å²) < 4.78 is 12.2. The molecule has 1 aromatic carbocycles. The molecule has 0 spiro atoms. The van der Waals surface area contributed by atoms with Gasteiger partial charge in [-0.15, -0.1) is 0 Å². The highest BCUT2D eigenvalue weighted by molar-refractivity contribution is 5.76. The molecule has 4 N–H and O–H groups in total. The van der Waals surface area contributed by atoms with E-state index in [-0.39, 0.29) is 24.5 Å². The van der Waals surface area contributed by atoms with E-state index in [1.165, 1.54) is 0 Å². The molecule has 0 radical (unpaired) electrons. The Morgan fingerprint density at radius 1 is 1.32 bits per heavy atom. The molecule has 1 fully saturated rings. The van der Waals surface area contributed by atoms with Crippen molar-refractivity contribution in [1.82, 2.24) is 19.7 Å². The fourth-order valence-corrected chi connectivity index (χ4v) is 3.35. The van der Waals surface area contributed by atoms with Gasteiger partial charge in [0.1, 0.15) is 12.4 Å². The van der Waals surface area contributed by atoms with Gasteiger partial charge in [0.15, 0.2) is 17.3 Å². The van der Waals surface area contributed by atoms with Gasteiger partial charge in [-0.1, -0.05) is 6.07 Å². The zero-order valence-electron chi connectivity index (χ0n) is 16.6. The number of ether oxygens (including phenoxy) is 2. The van der Waals surface area contributed by atoms with Crippen LogP contribution in [0.25, 0.3) is 0 Å². The fraction of sp³-hybridized carbons (Fsp3) is 0.526. The number of aromatic nitrogens is 3. The Bertz CT molecular complexity index is 835. The largest absolute Gasteiger partial charge is 0.493 e. The number of methoxy groups -OCH3 is 2. The van der Waals surface area contributed by atoms with Crippen LogP contribution in [0.1, 0.15) is 36.6 Å². The minimum Gasteiger partial charge on any atom is -0.493 e. The summed E-state index contributed by atoms with van der Waals surface area (Å²) >= 11 is 0. The van der Waals surface area contributed by atoms with Crippen LogP contribution in [0.15, 0.2) is 18.2 Å². The molecule has 1 aliphatic rings. The Balaban J connectivity index is 1.78. The molecule has 2 heterocycles. The van der Waals surface area contributed by atoms with Crippen molar-refractivity contribution >= 4 is 5.91 Å². The standard InChI is InChI=1S/C19H28N6O3/c1-12(20)19-22-17(9-13-4-5-15(27-2)16(8-13)28-3)23-25(19)11-18(26)24-7-6-14(21)10-24/h4-5,8,12,14H,6-7,9-11,20-21H2,1-3H3/t12-,14+/m1/s1. The Hall–Kier alpha value is -2.65. The van der Waals surface area contributed by atoms with E-state index in [0.29, 0.717) is 42.7 Å². The highest BCUT2D eigenvalue weighted by Gasteiger charge is 2.25. The van der Waals surface area contributed by atoms with Crippen LogP contribution in [-0.4, -0.2) is 58.9 Å². The Morgan fingerprint density at radius 3 is 2.68 bits per heavy atom. The van der Waals surface area contributed by atoms with Gasteiger partial charge in [-0.25, -0.2) is 9.67 Å². The fourth-order valence-electron chi connectivity index (χ4n) is 3.35. The highest BCUT2D eigenvalue weighted by Crippen LogP contribution is 2.28. The van der Waals surface area contributed by atoms with Crippen molar-refractivity contribution < 1.29 is 14.3 Å². The third kappa shape index (κ3) is 4.42. The number of amides is 1. The lowest BCUT2D eigenvalue weighted by atomic mass is 10.1. The van der Waals surface area contributed by atoms with Crippen molar-refractivity contribution in [3.8, 4) is 11.5 Å². The summed E-state index contributed by atoms with van der Waals surface area (Å²) in [6.07, 6.45) is 1.32. The second-order valence-electron chi connectivity index (χ2n) is 7.09. The lowest BCUT2D eigenvalue weighted by Crippen LogP contribution is -2.35. The molecule has 1 aromatic heterocycles. The molecule has 2 atom stereocenters. The lowest BCUT2D eigenvalue weighted by molar-refractivity contribution is -0.131. The maximum atomic E-state index is 12.6. The Morgan fingerprint density at radius 2 is 2.07 bits per heavy atom. The maximum Gasteiger partial charge on any atom is 0.244 e. The molecule has 9 heteroatoms. The van der Waals surface area contributed by atoms with E-state index >= 15 is 0 Å². The molecule has 1 saturated heterocycles. The van der Waals surface area contributed by atoms with Crippen LogP contribution in [0.4, 0.5) is 0 Å². The first-order valence-corrected chi connectivity index (χ1v) is 9.34. The zero-order chi connectivity index (χ0) is 20.3. The molecule has 28 heavy (non-hydrogen) atoms. The molecular weight excluding hydrogens is 360 g/mol. The van der Waals surface area contributed by atoms with Gasteiger partial charge in [-0.3, -0.25) is 4.79 Å². The second-order valence-corrected chi connectivity index (χ2v) is 7.09. The van der Waals surface area contributed by atoms with Crippen LogP contribution in [-0.2, 0) is 17.8 Å². The molecule has 152 valence electrons. The van der Waals surface area contributed by atoms with Crippen molar-refractivity contribution in [1.29, 1.82) is 0 Å². The van der Waals surface area contributed by atoms with E-state index in [4.69, 9.17) is 20.9 Å². The number of carbonyl (C=O) groups is 1.